The van der Waals surface area contributed by atoms with Gasteiger partial charge in [-0.3, -0.25) is 0 Å². The van der Waals surface area contributed by atoms with Crippen LogP contribution in [0.15, 0.2) is 0 Å². The zero-order chi connectivity index (χ0) is 12.5. The molecule has 0 heterocycles. The maximum absolute atomic E-state index is 1.54. The number of unbranched alkanes of at least 4 members (excludes halogenated alkanes) is 9. The van der Waals surface area contributed by atoms with E-state index in [1.807, 2.05) is 0 Å². The average molecular weight is 250 g/mol. The Kier molecular flexibility index (Phi) is 7.20. The van der Waals surface area contributed by atoms with Gasteiger partial charge in [0.25, 0.3) is 0 Å². The Hall–Kier alpha value is 0. The summed E-state index contributed by atoms with van der Waals surface area (Å²) in [5, 5.41) is 0. The van der Waals surface area contributed by atoms with E-state index in [-0.39, 0.29) is 0 Å². The highest BCUT2D eigenvalue weighted by Gasteiger charge is 2.20. The van der Waals surface area contributed by atoms with E-state index in [9.17, 15) is 0 Å². The zero-order valence-corrected chi connectivity index (χ0v) is 12.5. The molecule has 2 aliphatic rings. The Balaban J connectivity index is 1.19. The maximum Gasteiger partial charge on any atom is -0.0414 e. The molecule has 0 aromatic carbocycles. The summed E-state index contributed by atoms with van der Waals surface area (Å²) in [6.07, 6.45) is 24.4. The van der Waals surface area contributed by atoms with Gasteiger partial charge in [0.05, 0.1) is 0 Å². The van der Waals surface area contributed by atoms with Crippen molar-refractivity contribution in [2.75, 3.05) is 0 Å². The van der Waals surface area contributed by atoms with Gasteiger partial charge in [-0.2, -0.15) is 0 Å². The van der Waals surface area contributed by atoms with E-state index in [2.05, 4.69) is 0 Å². The first-order valence-corrected chi connectivity index (χ1v) is 8.95. The molecule has 0 spiro atoms. The van der Waals surface area contributed by atoms with Crippen molar-refractivity contribution in [3.8, 4) is 0 Å². The quantitative estimate of drug-likeness (QED) is 0.328. The standard InChI is InChI=1S/C18H34/c1(3-5-7-9-11-17-13-14-17)2-4-6-8-10-12-18-15-16-18/h17-18H,1-16H2. The topological polar surface area (TPSA) is 0 Å². The molecule has 0 radical (unpaired) electrons. The van der Waals surface area contributed by atoms with Crippen molar-refractivity contribution >= 4 is 0 Å². The molecule has 0 bridgehead atoms. The summed E-state index contributed by atoms with van der Waals surface area (Å²) < 4.78 is 0. The molecule has 2 fully saturated rings. The Morgan fingerprint density at radius 2 is 0.667 bits per heavy atom. The lowest BCUT2D eigenvalue weighted by atomic mass is 10.0. The fourth-order valence-electron chi connectivity index (χ4n) is 3.09. The van der Waals surface area contributed by atoms with Crippen LogP contribution in [0.25, 0.3) is 0 Å². The van der Waals surface area contributed by atoms with E-state index in [0.29, 0.717) is 0 Å². The second kappa shape index (κ2) is 8.99. The molecule has 2 rings (SSSR count). The largest absolute Gasteiger partial charge is 0.0533 e. The minimum Gasteiger partial charge on any atom is -0.0533 e. The average Bonchev–Trinajstić information content (AvgIpc) is 3.25. The van der Waals surface area contributed by atoms with Crippen LogP contribution in [0.5, 0.6) is 0 Å². The van der Waals surface area contributed by atoms with Gasteiger partial charge in [-0.15, -0.1) is 0 Å². The lowest BCUT2D eigenvalue weighted by Crippen LogP contribution is -1.84. The smallest absolute Gasteiger partial charge is 0.0414 e. The molecule has 0 nitrogen and oxygen atoms in total. The molecule has 0 aromatic heterocycles. The third-order valence-electron chi connectivity index (χ3n) is 4.87. The summed E-state index contributed by atoms with van der Waals surface area (Å²) in [7, 11) is 0. The van der Waals surface area contributed by atoms with Crippen LogP contribution in [0.4, 0.5) is 0 Å². The normalized spacial score (nSPS) is 19.3. The highest BCUT2D eigenvalue weighted by molar-refractivity contribution is 4.73. The van der Waals surface area contributed by atoms with Crippen molar-refractivity contribution in [1.29, 1.82) is 0 Å². The molecule has 0 unspecified atom stereocenters. The molecule has 18 heavy (non-hydrogen) atoms. The van der Waals surface area contributed by atoms with Crippen molar-refractivity contribution < 1.29 is 0 Å². The van der Waals surface area contributed by atoms with Crippen LogP contribution in [-0.4, -0.2) is 0 Å². The lowest BCUT2D eigenvalue weighted by molar-refractivity contribution is 0.528. The predicted molar refractivity (Wildman–Crippen MR) is 80.9 cm³/mol. The Morgan fingerprint density at radius 3 is 0.944 bits per heavy atom. The highest BCUT2D eigenvalue weighted by Crippen LogP contribution is 2.34. The summed E-state index contributed by atoms with van der Waals surface area (Å²) in [4.78, 5) is 0. The monoisotopic (exact) mass is 250 g/mol. The SMILES string of the molecule is C(CCCCCCC1CC1)CCCCCC1CC1. The molecular formula is C18H34. The van der Waals surface area contributed by atoms with Crippen molar-refractivity contribution in [2.24, 2.45) is 11.8 Å². The summed E-state index contributed by atoms with van der Waals surface area (Å²) in [6.45, 7) is 0. The van der Waals surface area contributed by atoms with Gasteiger partial charge in [0.1, 0.15) is 0 Å². The Morgan fingerprint density at radius 1 is 0.389 bits per heavy atom. The second-order valence-corrected chi connectivity index (χ2v) is 7.00. The molecule has 0 heteroatoms. The number of rotatable bonds is 13. The first kappa shape index (κ1) is 14.4. The van der Waals surface area contributed by atoms with Crippen molar-refractivity contribution in [1.82, 2.24) is 0 Å². The summed E-state index contributed by atoms with van der Waals surface area (Å²) in [6, 6.07) is 0. The zero-order valence-electron chi connectivity index (χ0n) is 12.5. The molecule has 2 aliphatic carbocycles. The van der Waals surface area contributed by atoms with Crippen molar-refractivity contribution in [3.63, 3.8) is 0 Å². The van der Waals surface area contributed by atoms with Gasteiger partial charge in [-0.1, -0.05) is 103 Å². The van der Waals surface area contributed by atoms with Crippen LogP contribution in [-0.2, 0) is 0 Å². The Labute approximate surface area is 115 Å². The van der Waals surface area contributed by atoms with Gasteiger partial charge < -0.3 is 0 Å². The maximum atomic E-state index is 1.54. The van der Waals surface area contributed by atoms with E-state index in [0.717, 1.165) is 11.8 Å². The van der Waals surface area contributed by atoms with Gasteiger partial charge in [-0.05, 0) is 11.8 Å². The van der Waals surface area contributed by atoms with E-state index < -0.39 is 0 Å². The molecule has 0 N–H and O–H groups in total. The first-order valence-electron chi connectivity index (χ1n) is 8.95. The van der Waals surface area contributed by atoms with Crippen LogP contribution in [0, 0.1) is 11.8 Å². The lowest BCUT2D eigenvalue weighted by Gasteiger charge is -2.02. The molecule has 106 valence electrons. The molecule has 0 atom stereocenters. The minimum absolute atomic E-state index is 1.15. The predicted octanol–water partition coefficient (Wildman–Crippen LogP) is 6.49. The van der Waals surface area contributed by atoms with E-state index in [1.165, 1.54) is 64.2 Å². The van der Waals surface area contributed by atoms with Gasteiger partial charge in [0.2, 0.25) is 0 Å². The van der Waals surface area contributed by atoms with E-state index in [1.54, 1.807) is 38.5 Å². The molecule has 0 saturated heterocycles. The van der Waals surface area contributed by atoms with Gasteiger partial charge >= 0.3 is 0 Å². The number of hydrogen-bond donors (Lipinski definition) is 0. The van der Waals surface area contributed by atoms with E-state index >= 15 is 0 Å². The van der Waals surface area contributed by atoms with Crippen LogP contribution in [0.1, 0.15) is 103 Å². The molecule has 2 saturated carbocycles. The summed E-state index contributed by atoms with van der Waals surface area (Å²) in [5.41, 5.74) is 0. The summed E-state index contributed by atoms with van der Waals surface area (Å²) in [5.74, 6) is 2.31. The molecular weight excluding hydrogens is 216 g/mol. The van der Waals surface area contributed by atoms with E-state index in [4.69, 9.17) is 0 Å². The van der Waals surface area contributed by atoms with Crippen LogP contribution in [0.2, 0.25) is 0 Å². The molecule has 0 amide bonds. The van der Waals surface area contributed by atoms with Gasteiger partial charge in [0, 0.05) is 0 Å². The second-order valence-electron chi connectivity index (χ2n) is 7.00. The van der Waals surface area contributed by atoms with Crippen LogP contribution >= 0.6 is 0 Å². The fraction of sp³-hybridized carbons (Fsp3) is 1.00. The molecule has 0 aliphatic heterocycles. The third-order valence-corrected chi connectivity index (χ3v) is 4.87. The third kappa shape index (κ3) is 8.16. The number of hydrogen-bond acceptors (Lipinski definition) is 0. The molecule has 0 aromatic rings. The summed E-state index contributed by atoms with van der Waals surface area (Å²) >= 11 is 0. The van der Waals surface area contributed by atoms with Crippen LogP contribution < -0.4 is 0 Å². The van der Waals surface area contributed by atoms with Crippen molar-refractivity contribution in [3.05, 3.63) is 0 Å². The highest BCUT2D eigenvalue weighted by atomic mass is 14.3. The Bertz CT molecular complexity index is 166. The van der Waals surface area contributed by atoms with Crippen LogP contribution in [0.3, 0.4) is 0 Å². The van der Waals surface area contributed by atoms with Gasteiger partial charge in [-0.25, -0.2) is 0 Å². The first-order chi connectivity index (χ1) is 8.95. The minimum atomic E-state index is 1.15. The van der Waals surface area contributed by atoms with Crippen molar-refractivity contribution in [2.45, 2.75) is 103 Å². The van der Waals surface area contributed by atoms with Gasteiger partial charge in [0.15, 0.2) is 0 Å². The fourth-order valence-corrected chi connectivity index (χ4v) is 3.09.